The highest BCUT2D eigenvalue weighted by molar-refractivity contribution is 5.87. The van der Waals surface area contributed by atoms with Crippen LogP contribution < -0.4 is 20.1 Å². The van der Waals surface area contributed by atoms with E-state index in [4.69, 9.17) is 9.47 Å². The molecule has 6 heteroatoms. The first kappa shape index (κ1) is 18.2. The fourth-order valence-corrected chi connectivity index (χ4v) is 3.85. The first-order chi connectivity index (χ1) is 13.7. The summed E-state index contributed by atoms with van der Waals surface area (Å²) >= 11 is 0. The molecule has 1 aliphatic carbocycles. The molecule has 146 valence electrons. The summed E-state index contributed by atoms with van der Waals surface area (Å²) in [5.74, 6) is 1.65. The van der Waals surface area contributed by atoms with Gasteiger partial charge in [-0.25, -0.2) is 4.79 Å². The maximum atomic E-state index is 12.5. The lowest BCUT2D eigenvalue weighted by Crippen LogP contribution is -2.38. The Morgan fingerprint density at radius 1 is 1.11 bits per heavy atom. The second-order valence-electron chi connectivity index (χ2n) is 7.05. The number of carbonyl (C=O) groups is 1. The number of methoxy groups -OCH3 is 2. The molecule has 0 saturated heterocycles. The average molecular weight is 379 g/mol. The molecule has 0 bridgehead atoms. The van der Waals surface area contributed by atoms with Crippen LogP contribution in [-0.4, -0.2) is 25.2 Å². The zero-order valence-electron chi connectivity index (χ0n) is 16.2. The number of urea groups is 1. The van der Waals surface area contributed by atoms with Gasteiger partial charge in [0.25, 0.3) is 0 Å². The van der Waals surface area contributed by atoms with E-state index in [0.29, 0.717) is 6.54 Å². The van der Waals surface area contributed by atoms with Crippen molar-refractivity contribution in [2.24, 2.45) is 0 Å². The number of aromatic nitrogens is 1. The number of aromatic amines is 1. The van der Waals surface area contributed by atoms with Crippen molar-refractivity contribution >= 4 is 16.9 Å². The fraction of sp³-hybridized carbons (Fsp3) is 0.318. The maximum absolute atomic E-state index is 12.5. The van der Waals surface area contributed by atoms with E-state index in [1.54, 1.807) is 14.2 Å². The van der Waals surface area contributed by atoms with Crippen LogP contribution in [0.2, 0.25) is 0 Å². The van der Waals surface area contributed by atoms with E-state index in [1.807, 2.05) is 36.4 Å². The molecule has 0 radical (unpaired) electrons. The second kappa shape index (κ2) is 7.84. The molecule has 1 aromatic heterocycles. The van der Waals surface area contributed by atoms with Gasteiger partial charge in [0, 0.05) is 23.1 Å². The Hall–Kier alpha value is -3.15. The van der Waals surface area contributed by atoms with Crippen molar-refractivity contribution in [3.05, 3.63) is 59.3 Å². The molecule has 0 saturated carbocycles. The van der Waals surface area contributed by atoms with Gasteiger partial charge in [-0.1, -0.05) is 12.1 Å². The highest BCUT2D eigenvalue weighted by Gasteiger charge is 2.25. The molecule has 1 atom stereocenters. The lowest BCUT2D eigenvalue weighted by Gasteiger charge is -2.24. The standard InChI is InChI=1S/C22H25N3O3/c1-27-15-8-6-14(7-9-15)13-23-22(26)25-20-5-3-4-17-18-12-16(28-2)10-11-19(18)24-21(17)20/h6-12,20,24H,3-5,13H2,1-2H3,(H2,23,25,26)/t20-/m1/s1. The van der Waals surface area contributed by atoms with Crippen LogP contribution in [0.5, 0.6) is 11.5 Å². The molecule has 0 unspecified atom stereocenters. The summed E-state index contributed by atoms with van der Waals surface area (Å²) in [7, 11) is 3.32. The first-order valence-corrected chi connectivity index (χ1v) is 9.53. The normalized spacial score (nSPS) is 15.7. The summed E-state index contributed by atoms with van der Waals surface area (Å²) in [5, 5.41) is 7.24. The van der Waals surface area contributed by atoms with E-state index in [9.17, 15) is 4.79 Å². The average Bonchev–Trinajstić information content (AvgIpc) is 3.11. The molecule has 6 nitrogen and oxygen atoms in total. The summed E-state index contributed by atoms with van der Waals surface area (Å²) in [4.78, 5) is 15.9. The molecule has 0 fully saturated rings. The third kappa shape index (κ3) is 3.63. The van der Waals surface area contributed by atoms with E-state index in [1.165, 1.54) is 10.9 Å². The van der Waals surface area contributed by atoms with Crippen LogP contribution in [0.25, 0.3) is 10.9 Å². The third-order valence-electron chi connectivity index (χ3n) is 5.33. The van der Waals surface area contributed by atoms with Crippen LogP contribution in [0.3, 0.4) is 0 Å². The summed E-state index contributed by atoms with van der Waals surface area (Å²) < 4.78 is 10.5. The number of ether oxygens (including phenoxy) is 2. The van der Waals surface area contributed by atoms with Crippen LogP contribution in [0, 0.1) is 0 Å². The minimum absolute atomic E-state index is 0.0157. The number of benzene rings is 2. The minimum Gasteiger partial charge on any atom is -0.497 e. The van der Waals surface area contributed by atoms with Crippen molar-refractivity contribution in [2.45, 2.75) is 31.8 Å². The van der Waals surface area contributed by atoms with E-state index < -0.39 is 0 Å². The number of amides is 2. The Kier molecular flexibility index (Phi) is 5.10. The zero-order valence-corrected chi connectivity index (χ0v) is 16.2. The van der Waals surface area contributed by atoms with Gasteiger partial charge in [-0.2, -0.15) is 0 Å². The number of hydrogen-bond donors (Lipinski definition) is 3. The van der Waals surface area contributed by atoms with Gasteiger partial charge < -0.3 is 25.1 Å². The predicted molar refractivity (Wildman–Crippen MR) is 109 cm³/mol. The van der Waals surface area contributed by atoms with E-state index in [0.717, 1.165) is 47.5 Å². The van der Waals surface area contributed by atoms with Crippen LogP contribution in [-0.2, 0) is 13.0 Å². The minimum atomic E-state index is -0.162. The molecule has 0 aliphatic heterocycles. The molecular weight excluding hydrogens is 354 g/mol. The molecule has 28 heavy (non-hydrogen) atoms. The van der Waals surface area contributed by atoms with Gasteiger partial charge in [0.05, 0.1) is 20.3 Å². The molecule has 0 spiro atoms. The van der Waals surface area contributed by atoms with Gasteiger partial charge >= 0.3 is 6.03 Å². The van der Waals surface area contributed by atoms with Crippen LogP contribution >= 0.6 is 0 Å². The Labute approximate surface area is 164 Å². The first-order valence-electron chi connectivity index (χ1n) is 9.53. The fourth-order valence-electron chi connectivity index (χ4n) is 3.85. The Balaban J connectivity index is 1.44. The number of hydrogen-bond acceptors (Lipinski definition) is 3. The van der Waals surface area contributed by atoms with Crippen LogP contribution in [0.15, 0.2) is 42.5 Å². The zero-order chi connectivity index (χ0) is 19.5. The van der Waals surface area contributed by atoms with Crippen molar-refractivity contribution in [1.29, 1.82) is 0 Å². The number of aryl methyl sites for hydroxylation is 1. The molecule has 4 rings (SSSR count). The third-order valence-corrected chi connectivity index (χ3v) is 5.33. The van der Waals surface area contributed by atoms with Crippen LogP contribution in [0.1, 0.15) is 35.7 Å². The van der Waals surface area contributed by atoms with Gasteiger partial charge in [-0.3, -0.25) is 0 Å². The lowest BCUT2D eigenvalue weighted by atomic mass is 9.92. The highest BCUT2D eigenvalue weighted by atomic mass is 16.5. The molecule has 1 aliphatic rings. The van der Waals surface area contributed by atoms with Gasteiger partial charge in [-0.15, -0.1) is 0 Å². The number of H-pyrrole nitrogens is 1. The Bertz CT molecular complexity index is 979. The summed E-state index contributed by atoms with van der Waals surface area (Å²) in [6.07, 6.45) is 2.97. The molecule has 1 heterocycles. The van der Waals surface area contributed by atoms with Crippen molar-refractivity contribution in [3.8, 4) is 11.5 Å². The number of carbonyl (C=O) groups excluding carboxylic acids is 1. The topological polar surface area (TPSA) is 75.4 Å². The Morgan fingerprint density at radius 2 is 1.86 bits per heavy atom. The quantitative estimate of drug-likeness (QED) is 0.626. The van der Waals surface area contributed by atoms with Gasteiger partial charge in [0.2, 0.25) is 0 Å². The maximum Gasteiger partial charge on any atom is 0.315 e. The Morgan fingerprint density at radius 3 is 2.61 bits per heavy atom. The monoisotopic (exact) mass is 379 g/mol. The van der Waals surface area contributed by atoms with Gasteiger partial charge in [-0.05, 0) is 60.7 Å². The molecule has 2 aromatic carbocycles. The van der Waals surface area contributed by atoms with Gasteiger partial charge in [0.1, 0.15) is 11.5 Å². The van der Waals surface area contributed by atoms with Crippen molar-refractivity contribution in [3.63, 3.8) is 0 Å². The summed E-state index contributed by atoms with van der Waals surface area (Å²) in [6.45, 7) is 0.472. The lowest BCUT2D eigenvalue weighted by molar-refractivity contribution is 0.235. The predicted octanol–water partition coefficient (Wildman–Crippen LogP) is 4.06. The second-order valence-corrected chi connectivity index (χ2v) is 7.05. The van der Waals surface area contributed by atoms with Crippen LogP contribution in [0.4, 0.5) is 4.79 Å². The summed E-state index contributed by atoms with van der Waals surface area (Å²) in [6, 6.07) is 13.6. The molecular formula is C22H25N3O3. The SMILES string of the molecule is COc1ccc(CNC(=O)N[C@@H]2CCCc3c2[nH]c2ccc(OC)cc32)cc1. The van der Waals surface area contributed by atoms with Crippen molar-refractivity contribution in [2.75, 3.05) is 14.2 Å². The smallest absolute Gasteiger partial charge is 0.315 e. The van der Waals surface area contributed by atoms with Gasteiger partial charge in [0.15, 0.2) is 0 Å². The molecule has 2 amide bonds. The van der Waals surface area contributed by atoms with Crippen molar-refractivity contribution < 1.29 is 14.3 Å². The van der Waals surface area contributed by atoms with E-state index in [2.05, 4.69) is 21.7 Å². The summed E-state index contributed by atoms with van der Waals surface area (Å²) in [5.41, 5.74) is 4.49. The number of rotatable bonds is 5. The number of fused-ring (bicyclic) bond motifs is 3. The largest absolute Gasteiger partial charge is 0.497 e. The molecule has 3 aromatic rings. The number of nitrogens with one attached hydrogen (secondary N) is 3. The van der Waals surface area contributed by atoms with E-state index in [-0.39, 0.29) is 12.1 Å². The van der Waals surface area contributed by atoms with E-state index >= 15 is 0 Å². The van der Waals surface area contributed by atoms with Crippen molar-refractivity contribution in [1.82, 2.24) is 15.6 Å². The molecule has 3 N–H and O–H groups in total. The highest BCUT2D eigenvalue weighted by Crippen LogP contribution is 2.36.